The van der Waals surface area contributed by atoms with Gasteiger partial charge in [0.15, 0.2) is 0 Å². The van der Waals surface area contributed by atoms with E-state index in [2.05, 4.69) is 37.3 Å². The van der Waals surface area contributed by atoms with Crippen LogP contribution in [0.15, 0.2) is 30.3 Å². The molecule has 3 nitrogen and oxygen atoms in total. The van der Waals surface area contributed by atoms with Gasteiger partial charge in [-0.2, -0.15) is 0 Å². The van der Waals surface area contributed by atoms with E-state index in [1.54, 1.807) is 0 Å². The van der Waals surface area contributed by atoms with Crippen molar-refractivity contribution in [1.82, 2.24) is 0 Å². The molecule has 0 amide bonds. The van der Waals surface area contributed by atoms with Crippen LogP contribution in [0.2, 0.25) is 0 Å². The predicted molar refractivity (Wildman–Crippen MR) is 128 cm³/mol. The van der Waals surface area contributed by atoms with E-state index in [9.17, 15) is 5.11 Å². The Hall–Kier alpha value is -0.900. The minimum atomic E-state index is -0.149. The first-order valence-electron chi connectivity index (χ1n) is 13.3. The number of methoxy groups -OCH3 is 1. The summed E-state index contributed by atoms with van der Waals surface area (Å²) in [5, 5.41) is 10.5. The molecule has 0 heterocycles. The van der Waals surface area contributed by atoms with Gasteiger partial charge in [-0.05, 0) is 111 Å². The van der Waals surface area contributed by atoms with Gasteiger partial charge in [0.25, 0.3) is 0 Å². The number of benzene rings is 1. The quantitative estimate of drug-likeness (QED) is 0.569. The van der Waals surface area contributed by atoms with Crippen molar-refractivity contribution in [3.05, 3.63) is 35.9 Å². The van der Waals surface area contributed by atoms with Crippen LogP contribution < -0.4 is 0 Å². The number of aliphatic hydroxyl groups is 1. The lowest BCUT2D eigenvalue weighted by Crippen LogP contribution is -2.53. The molecule has 32 heavy (non-hydrogen) atoms. The maximum atomic E-state index is 10.5. The fourth-order valence-corrected chi connectivity index (χ4v) is 9.16. The molecule has 0 saturated heterocycles. The molecule has 4 aliphatic carbocycles. The first-order chi connectivity index (χ1) is 15.5. The monoisotopic (exact) mass is 440 g/mol. The molecule has 0 radical (unpaired) electrons. The number of ether oxygens (including phenoxy) is 2. The Morgan fingerprint density at radius 2 is 1.75 bits per heavy atom. The largest absolute Gasteiger partial charge is 0.393 e. The van der Waals surface area contributed by atoms with Gasteiger partial charge < -0.3 is 14.6 Å². The Morgan fingerprint density at radius 1 is 0.969 bits per heavy atom. The molecule has 4 aliphatic rings. The summed E-state index contributed by atoms with van der Waals surface area (Å²) >= 11 is 0. The lowest BCUT2D eigenvalue weighted by Gasteiger charge is -2.57. The maximum Gasteiger partial charge on any atom is 0.0922 e. The fraction of sp³-hybridized carbons (Fsp3) is 0.793. The number of hydrogen-bond acceptors (Lipinski definition) is 3. The SMILES string of the molecule is COC[C@@]1(OCc2ccccc2)CC[C@H]2[C@H](CC[C@@H]3[C@@H]2CC[C@]2(C)[C@@H](C(C)O)CC[C@@H]32)C1. The Kier molecular flexibility index (Phi) is 6.46. The van der Waals surface area contributed by atoms with Gasteiger partial charge in [0, 0.05) is 7.11 Å². The molecule has 0 aliphatic heterocycles. The summed E-state index contributed by atoms with van der Waals surface area (Å²) in [5.74, 6) is 4.79. The Bertz CT molecular complexity index is 763. The zero-order chi connectivity index (χ0) is 22.3. The van der Waals surface area contributed by atoms with Crippen molar-refractivity contribution in [1.29, 1.82) is 0 Å². The second-order valence-electron chi connectivity index (χ2n) is 12.0. The molecule has 4 fully saturated rings. The van der Waals surface area contributed by atoms with Crippen LogP contribution in [-0.2, 0) is 16.1 Å². The first-order valence-corrected chi connectivity index (χ1v) is 13.3. The van der Waals surface area contributed by atoms with E-state index in [0.717, 1.165) is 36.0 Å². The van der Waals surface area contributed by atoms with Crippen LogP contribution in [0.1, 0.15) is 77.2 Å². The molecule has 9 atom stereocenters. The number of aliphatic hydroxyl groups excluding tert-OH is 1. The topological polar surface area (TPSA) is 38.7 Å². The fourth-order valence-electron chi connectivity index (χ4n) is 9.16. The molecule has 0 aromatic heterocycles. The molecule has 1 aromatic rings. The lowest BCUT2D eigenvalue weighted by atomic mass is 9.49. The van der Waals surface area contributed by atoms with Crippen LogP contribution in [0.4, 0.5) is 0 Å². The summed E-state index contributed by atoms with van der Waals surface area (Å²) in [7, 11) is 1.83. The molecule has 0 bridgehead atoms. The number of rotatable bonds is 6. The van der Waals surface area contributed by atoms with Crippen molar-refractivity contribution in [2.75, 3.05) is 13.7 Å². The van der Waals surface area contributed by atoms with Gasteiger partial charge in [0.2, 0.25) is 0 Å². The van der Waals surface area contributed by atoms with Crippen LogP contribution in [-0.4, -0.2) is 30.5 Å². The van der Waals surface area contributed by atoms with Gasteiger partial charge in [-0.25, -0.2) is 0 Å². The molecule has 1 N–H and O–H groups in total. The van der Waals surface area contributed by atoms with Crippen LogP contribution in [0.5, 0.6) is 0 Å². The van der Waals surface area contributed by atoms with E-state index < -0.39 is 0 Å². The lowest BCUT2D eigenvalue weighted by molar-refractivity contribution is -0.160. The highest BCUT2D eigenvalue weighted by Crippen LogP contribution is 2.65. The van der Waals surface area contributed by atoms with Crippen molar-refractivity contribution in [2.45, 2.75) is 89.9 Å². The van der Waals surface area contributed by atoms with Gasteiger partial charge in [-0.1, -0.05) is 37.3 Å². The summed E-state index contributed by atoms with van der Waals surface area (Å²) < 4.78 is 12.4. The van der Waals surface area contributed by atoms with Crippen LogP contribution in [0.3, 0.4) is 0 Å². The summed E-state index contributed by atoms with van der Waals surface area (Å²) in [6, 6.07) is 10.6. The molecule has 3 heteroatoms. The van der Waals surface area contributed by atoms with Gasteiger partial charge in [0.1, 0.15) is 0 Å². The standard InChI is InChI=1S/C29H44O3/c1-20(30)26-11-12-27-25-10-9-22-17-29(19-31-3,32-18-21-7-5-4-6-8-21)16-14-23(22)24(25)13-15-28(26,27)2/h4-8,20,22-27,30H,9-19H2,1-3H3/t20?,22-,23+,24-,25-,26-,27+,28-,29-/m1/s1. The number of fused-ring (bicyclic) bond motifs is 5. The second-order valence-corrected chi connectivity index (χ2v) is 12.0. The van der Waals surface area contributed by atoms with E-state index in [1.807, 2.05) is 14.0 Å². The summed E-state index contributed by atoms with van der Waals surface area (Å²) in [5.41, 5.74) is 1.51. The van der Waals surface area contributed by atoms with Crippen molar-refractivity contribution in [2.24, 2.45) is 40.9 Å². The minimum absolute atomic E-state index is 0.119. The van der Waals surface area contributed by atoms with E-state index >= 15 is 0 Å². The van der Waals surface area contributed by atoms with Crippen LogP contribution in [0, 0.1) is 40.9 Å². The Balaban J connectivity index is 1.28. The van der Waals surface area contributed by atoms with Crippen molar-refractivity contribution in [3.63, 3.8) is 0 Å². The van der Waals surface area contributed by atoms with Crippen LogP contribution in [0.25, 0.3) is 0 Å². The molecule has 0 spiro atoms. The normalized spacial score (nSPS) is 44.4. The smallest absolute Gasteiger partial charge is 0.0922 e. The summed E-state index contributed by atoms with van der Waals surface area (Å²) in [4.78, 5) is 0. The third kappa shape index (κ3) is 3.97. The first kappa shape index (κ1) is 22.9. The van der Waals surface area contributed by atoms with Gasteiger partial charge in [-0.3, -0.25) is 0 Å². The molecular weight excluding hydrogens is 396 g/mol. The summed E-state index contributed by atoms with van der Waals surface area (Å²) in [6.45, 7) is 5.96. The van der Waals surface area contributed by atoms with Gasteiger partial charge in [-0.15, -0.1) is 0 Å². The molecule has 4 saturated carbocycles. The highest BCUT2D eigenvalue weighted by Gasteiger charge is 2.58. The molecule has 1 aromatic carbocycles. The number of hydrogen-bond donors (Lipinski definition) is 1. The molecular formula is C29H44O3. The van der Waals surface area contributed by atoms with Crippen molar-refractivity contribution in [3.8, 4) is 0 Å². The molecule has 178 valence electrons. The second kappa shape index (κ2) is 9.04. The van der Waals surface area contributed by atoms with E-state index in [4.69, 9.17) is 9.47 Å². The third-order valence-electron chi connectivity index (χ3n) is 10.5. The van der Waals surface area contributed by atoms with E-state index in [0.29, 0.717) is 24.5 Å². The Labute approximate surface area is 195 Å². The Morgan fingerprint density at radius 3 is 2.50 bits per heavy atom. The van der Waals surface area contributed by atoms with Gasteiger partial charge >= 0.3 is 0 Å². The van der Waals surface area contributed by atoms with Crippen LogP contribution >= 0.6 is 0 Å². The zero-order valence-corrected chi connectivity index (χ0v) is 20.5. The third-order valence-corrected chi connectivity index (χ3v) is 10.5. The van der Waals surface area contributed by atoms with Gasteiger partial charge in [0.05, 0.1) is 24.9 Å². The summed E-state index contributed by atoms with van der Waals surface area (Å²) in [6.07, 6.45) is 11.5. The van der Waals surface area contributed by atoms with E-state index in [1.165, 1.54) is 56.9 Å². The average Bonchev–Trinajstić information content (AvgIpc) is 3.16. The van der Waals surface area contributed by atoms with E-state index in [-0.39, 0.29) is 11.7 Å². The predicted octanol–water partition coefficient (Wildman–Crippen LogP) is 6.24. The minimum Gasteiger partial charge on any atom is -0.393 e. The zero-order valence-electron chi connectivity index (χ0n) is 20.5. The average molecular weight is 441 g/mol. The molecule has 1 unspecified atom stereocenters. The highest BCUT2D eigenvalue weighted by molar-refractivity contribution is 5.14. The molecule has 5 rings (SSSR count). The van der Waals surface area contributed by atoms with Crippen molar-refractivity contribution >= 4 is 0 Å². The maximum absolute atomic E-state index is 10.5. The van der Waals surface area contributed by atoms with Crippen molar-refractivity contribution < 1.29 is 14.6 Å². The highest BCUT2D eigenvalue weighted by atomic mass is 16.5.